The summed E-state index contributed by atoms with van der Waals surface area (Å²) >= 11 is 0. The first kappa shape index (κ1) is 13.9. The lowest BCUT2D eigenvalue weighted by Gasteiger charge is -2.31. The molecule has 1 fully saturated rings. The van der Waals surface area contributed by atoms with E-state index < -0.39 is 0 Å². The smallest absolute Gasteiger partial charge is 0.253 e. The topological polar surface area (TPSA) is 55.6 Å². The molecule has 0 aliphatic carbocycles. The molecule has 0 spiro atoms. The third kappa shape index (κ3) is 3.70. The van der Waals surface area contributed by atoms with Gasteiger partial charge in [0.1, 0.15) is 12.4 Å². The number of likely N-dealkylation sites (tertiary alicyclic amines) is 1. The van der Waals surface area contributed by atoms with Gasteiger partial charge in [0.05, 0.1) is 0 Å². The molecule has 1 aliphatic heterocycles. The SMILES string of the molecule is CC1CCCN(C(=O)c2cccc(OCCN)c2)C1. The van der Waals surface area contributed by atoms with Crippen LogP contribution in [0.4, 0.5) is 0 Å². The molecule has 0 saturated carbocycles. The van der Waals surface area contributed by atoms with E-state index >= 15 is 0 Å². The predicted octanol–water partition coefficient (Wildman–Crippen LogP) is 1.90. The van der Waals surface area contributed by atoms with Crippen LogP contribution in [-0.2, 0) is 0 Å². The third-order valence-electron chi connectivity index (χ3n) is 3.41. The van der Waals surface area contributed by atoms with Crippen LogP contribution in [0, 0.1) is 5.92 Å². The maximum absolute atomic E-state index is 12.4. The fourth-order valence-electron chi connectivity index (χ4n) is 2.45. The summed E-state index contributed by atoms with van der Waals surface area (Å²) < 4.78 is 5.46. The second-order valence-corrected chi connectivity index (χ2v) is 5.16. The van der Waals surface area contributed by atoms with Crippen LogP contribution in [0.1, 0.15) is 30.1 Å². The second-order valence-electron chi connectivity index (χ2n) is 5.16. The molecule has 1 aliphatic rings. The minimum atomic E-state index is 0.102. The van der Waals surface area contributed by atoms with Crippen molar-refractivity contribution in [3.05, 3.63) is 29.8 Å². The van der Waals surface area contributed by atoms with E-state index in [9.17, 15) is 4.79 Å². The first-order chi connectivity index (χ1) is 9.20. The van der Waals surface area contributed by atoms with Gasteiger partial charge in [0, 0.05) is 25.2 Å². The molecule has 1 unspecified atom stereocenters. The molecule has 1 saturated heterocycles. The summed E-state index contributed by atoms with van der Waals surface area (Å²) in [6, 6.07) is 7.35. The minimum absolute atomic E-state index is 0.102. The Labute approximate surface area is 114 Å². The van der Waals surface area contributed by atoms with Crippen LogP contribution >= 0.6 is 0 Å². The summed E-state index contributed by atoms with van der Waals surface area (Å²) in [5.41, 5.74) is 6.10. The summed E-state index contributed by atoms with van der Waals surface area (Å²) in [6.45, 7) is 4.85. The van der Waals surface area contributed by atoms with Crippen LogP contribution in [0.5, 0.6) is 5.75 Å². The second kappa shape index (κ2) is 6.57. The third-order valence-corrected chi connectivity index (χ3v) is 3.41. The zero-order chi connectivity index (χ0) is 13.7. The number of carbonyl (C=O) groups is 1. The van der Waals surface area contributed by atoms with E-state index in [1.54, 1.807) is 6.07 Å². The van der Waals surface area contributed by atoms with Crippen molar-refractivity contribution in [1.82, 2.24) is 4.90 Å². The lowest BCUT2D eigenvalue weighted by Crippen LogP contribution is -2.39. The molecule has 1 heterocycles. The Hall–Kier alpha value is -1.55. The molecule has 4 heteroatoms. The van der Waals surface area contributed by atoms with Crippen LogP contribution in [0.3, 0.4) is 0 Å². The van der Waals surface area contributed by atoms with E-state index in [0.29, 0.717) is 30.4 Å². The molecule has 1 atom stereocenters. The summed E-state index contributed by atoms with van der Waals surface area (Å²) in [5.74, 6) is 1.40. The Morgan fingerprint density at radius 2 is 2.37 bits per heavy atom. The highest BCUT2D eigenvalue weighted by atomic mass is 16.5. The van der Waals surface area contributed by atoms with Gasteiger partial charge in [-0.1, -0.05) is 13.0 Å². The number of rotatable bonds is 4. The number of nitrogens with zero attached hydrogens (tertiary/aromatic N) is 1. The largest absolute Gasteiger partial charge is 0.492 e. The van der Waals surface area contributed by atoms with E-state index in [1.165, 1.54) is 6.42 Å². The summed E-state index contributed by atoms with van der Waals surface area (Å²) in [6.07, 6.45) is 2.31. The molecular formula is C15H22N2O2. The minimum Gasteiger partial charge on any atom is -0.492 e. The molecule has 104 valence electrons. The molecule has 0 radical (unpaired) electrons. The number of nitrogens with two attached hydrogens (primary N) is 1. The van der Waals surface area contributed by atoms with Gasteiger partial charge in [-0.3, -0.25) is 4.79 Å². The number of benzene rings is 1. The number of piperidine rings is 1. The highest BCUT2D eigenvalue weighted by Gasteiger charge is 2.22. The van der Waals surface area contributed by atoms with Crippen LogP contribution < -0.4 is 10.5 Å². The van der Waals surface area contributed by atoms with Gasteiger partial charge in [-0.25, -0.2) is 0 Å². The van der Waals surface area contributed by atoms with Crippen molar-refractivity contribution in [1.29, 1.82) is 0 Å². The van der Waals surface area contributed by atoms with E-state index in [2.05, 4.69) is 6.92 Å². The lowest BCUT2D eigenvalue weighted by atomic mass is 9.99. The molecular weight excluding hydrogens is 240 g/mol. The Morgan fingerprint density at radius 1 is 1.53 bits per heavy atom. The highest BCUT2D eigenvalue weighted by Crippen LogP contribution is 2.20. The normalized spacial score (nSPS) is 19.3. The fourth-order valence-corrected chi connectivity index (χ4v) is 2.45. The maximum atomic E-state index is 12.4. The number of carbonyl (C=O) groups excluding carboxylic acids is 1. The monoisotopic (exact) mass is 262 g/mol. The zero-order valence-electron chi connectivity index (χ0n) is 11.5. The first-order valence-corrected chi connectivity index (χ1v) is 6.93. The van der Waals surface area contributed by atoms with Gasteiger partial charge in [-0.05, 0) is 37.0 Å². The molecule has 0 aromatic heterocycles. The number of hydrogen-bond acceptors (Lipinski definition) is 3. The highest BCUT2D eigenvalue weighted by molar-refractivity contribution is 5.94. The van der Waals surface area contributed by atoms with Gasteiger partial charge in [0.25, 0.3) is 5.91 Å². The summed E-state index contributed by atoms with van der Waals surface area (Å²) in [7, 11) is 0. The quantitative estimate of drug-likeness (QED) is 0.901. The molecule has 1 aromatic rings. The van der Waals surface area contributed by atoms with Crippen LogP contribution in [0.25, 0.3) is 0 Å². The van der Waals surface area contributed by atoms with E-state index in [0.717, 1.165) is 19.5 Å². The predicted molar refractivity (Wildman–Crippen MR) is 75.3 cm³/mol. The Bertz CT molecular complexity index is 434. The molecule has 0 bridgehead atoms. The van der Waals surface area contributed by atoms with Gasteiger partial charge < -0.3 is 15.4 Å². The van der Waals surface area contributed by atoms with Crippen molar-refractivity contribution in [3.63, 3.8) is 0 Å². The Morgan fingerprint density at radius 3 is 3.11 bits per heavy atom. The Kier molecular flexibility index (Phi) is 4.80. The van der Waals surface area contributed by atoms with E-state index in [4.69, 9.17) is 10.5 Å². The first-order valence-electron chi connectivity index (χ1n) is 6.93. The molecule has 2 rings (SSSR count). The number of ether oxygens (including phenoxy) is 1. The molecule has 4 nitrogen and oxygen atoms in total. The lowest BCUT2D eigenvalue weighted by molar-refractivity contribution is 0.0682. The average molecular weight is 262 g/mol. The van der Waals surface area contributed by atoms with Crippen LogP contribution in [-0.4, -0.2) is 37.0 Å². The molecule has 2 N–H and O–H groups in total. The van der Waals surface area contributed by atoms with Crippen molar-refractivity contribution in [2.24, 2.45) is 11.7 Å². The van der Waals surface area contributed by atoms with E-state index in [-0.39, 0.29) is 5.91 Å². The fraction of sp³-hybridized carbons (Fsp3) is 0.533. The van der Waals surface area contributed by atoms with E-state index in [1.807, 2.05) is 23.1 Å². The molecule has 1 amide bonds. The van der Waals surface area contributed by atoms with Crippen molar-refractivity contribution in [2.75, 3.05) is 26.2 Å². The average Bonchev–Trinajstić information content (AvgIpc) is 2.44. The maximum Gasteiger partial charge on any atom is 0.253 e. The van der Waals surface area contributed by atoms with Crippen molar-refractivity contribution in [3.8, 4) is 5.75 Å². The van der Waals surface area contributed by atoms with Gasteiger partial charge in [-0.15, -0.1) is 0 Å². The standard InChI is InChI=1S/C15H22N2O2/c1-12-4-3-8-17(11-12)15(18)13-5-2-6-14(10-13)19-9-7-16/h2,5-6,10,12H,3-4,7-9,11,16H2,1H3. The molecule has 19 heavy (non-hydrogen) atoms. The van der Waals surface area contributed by atoms with Gasteiger partial charge in [-0.2, -0.15) is 0 Å². The van der Waals surface area contributed by atoms with Crippen LogP contribution in [0.2, 0.25) is 0 Å². The van der Waals surface area contributed by atoms with Crippen molar-refractivity contribution >= 4 is 5.91 Å². The summed E-state index contributed by atoms with van der Waals surface area (Å²) in [4.78, 5) is 14.4. The van der Waals surface area contributed by atoms with Gasteiger partial charge >= 0.3 is 0 Å². The number of hydrogen-bond donors (Lipinski definition) is 1. The van der Waals surface area contributed by atoms with Crippen molar-refractivity contribution in [2.45, 2.75) is 19.8 Å². The van der Waals surface area contributed by atoms with Crippen molar-refractivity contribution < 1.29 is 9.53 Å². The zero-order valence-corrected chi connectivity index (χ0v) is 11.5. The van der Waals surface area contributed by atoms with Gasteiger partial charge in [0.2, 0.25) is 0 Å². The molecule has 1 aromatic carbocycles. The van der Waals surface area contributed by atoms with Crippen LogP contribution in [0.15, 0.2) is 24.3 Å². The Balaban J connectivity index is 2.05. The number of amides is 1. The van der Waals surface area contributed by atoms with Gasteiger partial charge in [0.15, 0.2) is 0 Å². The summed E-state index contributed by atoms with van der Waals surface area (Å²) in [5, 5.41) is 0.